The van der Waals surface area contributed by atoms with E-state index in [9.17, 15) is 18.0 Å². The molecule has 0 saturated heterocycles. The lowest BCUT2D eigenvalue weighted by atomic mass is 10.1. The summed E-state index contributed by atoms with van der Waals surface area (Å²) in [5.74, 6) is -0.724. The van der Waals surface area contributed by atoms with E-state index in [0.29, 0.717) is 6.17 Å². The fourth-order valence-electron chi connectivity index (χ4n) is 1.26. The number of carbonyl (C=O) groups excluding carboxylic acids is 1. The van der Waals surface area contributed by atoms with Gasteiger partial charge in [0, 0.05) is 18.6 Å². The highest BCUT2D eigenvalue weighted by atomic mass is 28.3. The van der Waals surface area contributed by atoms with Crippen molar-refractivity contribution in [2.75, 3.05) is 6.17 Å². The van der Waals surface area contributed by atoms with Crippen LogP contribution in [0.5, 0.6) is 0 Å². The Balaban J connectivity index is 2.93. The van der Waals surface area contributed by atoms with Crippen molar-refractivity contribution in [3.05, 3.63) is 29.6 Å². The number of halogens is 3. The van der Waals surface area contributed by atoms with E-state index >= 15 is 0 Å². The van der Waals surface area contributed by atoms with Crippen LogP contribution in [0, 0.1) is 0 Å². The standard InChI is InChI=1S/C11H15F3N2OSi/c1-18(2,3)7-16-10(17)8-6-15-5-4-9(8)11(12,13)14/h4-6H,7H2,1-3H3,(H,16,17). The second-order valence-electron chi connectivity index (χ2n) is 5.16. The second kappa shape index (κ2) is 5.09. The van der Waals surface area contributed by atoms with Crippen LogP contribution < -0.4 is 5.32 Å². The highest BCUT2D eigenvalue weighted by Crippen LogP contribution is 2.31. The first-order chi connectivity index (χ1) is 8.11. The van der Waals surface area contributed by atoms with E-state index in [1.807, 2.05) is 19.6 Å². The van der Waals surface area contributed by atoms with Crippen LogP contribution in [-0.2, 0) is 6.18 Å². The summed E-state index contributed by atoms with van der Waals surface area (Å²) in [6.07, 6.45) is -2.15. The lowest BCUT2D eigenvalue weighted by Gasteiger charge is -2.17. The molecule has 1 heterocycles. The zero-order chi connectivity index (χ0) is 14.0. The SMILES string of the molecule is C[Si](C)(C)CNC(=O)c1cnccc1C(F)(F)F. The number of hydrogen-bond donors (Lipinski definition) is 1. The molecule has 0 aromatic carbocycles. The lowest BCUT2D eigenvalue weighted by molar-refractivity contribution is -0.138. The number of alkyl halides is 3. The van der Waals surface area contributed by atoms with Crippen molar-refractivity contribution in [3.8, 4) is 0 Å². The van der Waals surface area contributed by atoms with E-state index in [1.54, 1.807) is 0 Å². The molecule has 1 N–H and O–H groups in total. The van der Waals surface area contributed by atoms with E-state index in [-0.39, 0.29) is 0 Å². The molecule has 100 valence electrons. The third-order valence-electron chi connectivity index (χ3n) is 2.15. The molecule has 3 nitrogen and oxygen atoms in total. The van der Waals surface area contributed by atoms with Gasteiger partial charge in [-0.1, -0.05) is 19.6 Å². The topological polar surface area (TPSA) is 42.0 Å². The predicted molar refractivity (Wildman–Crippen MR) is 64.9 cm³/mol. The minimum atomic E-state index is -4.55. The normalized spacial score (nSPS) is 12.3. The molecule has 1 aromatic rings. The number of pyridine rings is 1. The van der Waals surface area contributed by atoms with Gasteiger partial charge in [-0.3, -0.25) is 9.78 Å². The third-order valence-corrected chi connectivity index (χ3v) is 3.39. The molecule has 0 unspecified atom stereocenters. The Kier molecular flexibility index (Phi) is 4.15. The summed E-state index contributed by atoms with van der Waals surface area (Å²) >= 11 is 0. The Labute approximate surface area is 104 Å². The molecule has 0 atom stereocenters. The van der Waals surface area contributed by atoms with Crippen molar-refractivity contribution in [3.63, 3.8) is 0 Å². The van der Waals surface area contributed by atoms with Crippen LogP contribution >= 0.6 is 0 Å². The Morgan fingerprint density at radius 3 is 2.50 bits per heavy atom. The van der Waals surface area contributed by atoms with Gasteiger partial charge in [0.25, 0.3) is 5.91 Å². The maximum absolute atomic E-state index is 12.7. The average molecular weight is 276 g/mol. The second-order valence-corrected chi connectivity index (χ2v) is 10.6. The van der Waals surface area contributed by atoms with Gasteiger partial charge in [-0.2, -0.15) is 13.2 Å². The van der Waals surface area contributed by atoms with Gasteiger partial charge in [0.2, 0.25) is 0 Å². The third kappa shape index (κ3) is 4.14. The highest BCUT2D eigenvalue weighted by molar-refractivity contribution is 6.76. The molecule has 1 amide bonds. The molecular formula is C11H15F3N2OSi. The van der Waals surface area contributed by atoms with E-state index < -0.39 is 31.3 Å². The fourth-order valence-corrected chi connectivity index (χ4v) is 1.95. The quantitative estimate of drug-likeness (QED) is 0.862. The fraction of sp³-hybridized carbons (Fsp3) is 0.455. The smallest absolute Gasteiger partial charge is 0.355 e. The van der Waals surface area contributed by atoms with Crippen LogP contribution in [0.3, 0.4) is 0 Å². The molecule has 0 aliphatic carbocycles. The van der Waals surface area contributed by atoms with Crippen LogP contribution in [0.4, 0.5) is 13.2 Å². The molecule has 0 aliphatic heterocycles. The zero-order valence-corrected chi connectivity index (χ0v) is 11.4. The molecule has 0 saturated carbocycles. The maximum Gasteiger partial charge on any atom is 0.417 e. The van der Waals surface area contributed by atoms with Crippen molar-refractivity contribution in [1.29, 1.82) is 0 Å². The zero-order valence-electron chi connectivity index (χ0n) is 10.4. The van der Waals surface area contributed by atoms with E-state index in [2.05, 4.69) is 10.3 Å². The van der Waals surface area contributed by atoms with E-state index in [4.69, 9.17) is 0 Å². The van der Waals surface area contributed by atoms with Crippen molar-refractivity contribution in [1.82, 2.24) is 10.3 Å². The maximum atomic E-state index is 12.7. The van der Waals surface area contributed by atoms with Gasteiger partial charge in [-0.15, -0.1) is 0 Å². The first-order valence-electron chi connectivity index (χ1n) is 5.41. The van der Waals surface area contributed by atoms with Crippen molar-refractivity contribution in [2.24, 2.45) is 0 Å². The van der Waals surface area contributed by atoms with Crippen LogP contribution in [0.2, 0.25) is 19.6 Å². The summed E-state index contributed by atoms with van der Waals surface area (Å²) in [5.41, 5.74) is -1.38. The summed E-state index contributed by atoms with van der Waals surface area (Å²) in [6, 6.07) is 0.809. The van der Waals surface area contributed by atoms with Gasteiger partial charge in [0.05, 0.1) is 19.2 Å². The monoisotopic (exact) mass is 276 g/mol. The molecule has 0 spiro atoms. The minimum absolute atomic E-state index is 0.428. The molecule has 0 fully saturated rings. The minimum Gasteiger partial charge on any atom is -0.355 e. The van der Waals surface area contributed by atoms with E-state index in [0.717, 1.165) is 18.5 Å². The van der Waals surface area contributed by atoms with Gasteiger partial charge in [-0.05, 0) is 6.07 Å². The van der Waals surface area contributed by atoms with Crippen LogP contribution in [-0.4, -0.2) is 25.1 Å². The molecular weight excluding hydrogens is 261 g/mol. The van der Waals surface area contributed by atoms with Crippen molar-refractivity contribution >= 4 is 14.0 Å². The molecule has 0 radical (unpaired) electrons. The first-order valence-corrected chi connectivity index (χ1v) is 9.11. The largest absolute Gasteiger partial charge is 0.417 e. The molecule has 18 heavy (non-hydrogen) atoms. The highest BCUT2D eigenvalue weighted by Gasteiger charge is 2.35. The van der Waals surface area contributed by atoms with Crippen LogP contribution in [0.1, 0.15) is 15.9 Å². The number of nitrogens with one attached hydrogen (secondary N) is 1. The number of amides is 1. The van der Waals surface area contributed by atoms with Crippen LogP contribution in [0.15, 0.2) is 18.5 Å². The first kappa shape index (κ1) is 14.7. The van der Waals surface area contributed by atoms with Gasteiger partial charge in [0.1, 0.15) is 0 Å². The van der Waals surface area contributed by atoms with E-state index in [1.165, 1.54) is 0 Å². The van der Waals surface area contributed by atoms with Crippen molar-refractivity contribution < 1.29 is 18.0 Å². The van der Waals surface area contributed by atoms with Gasteiger partial charge < -0.3 is 5.32 Å². The summed E-state index contributed by atoms with van der Waals surface area (Å²) in [4.78, 5) is 15.3. The van der Waals surface area contributed by atoms with Crippen molar-refractivity contribution in [2.45, 2.75) is 25.8 Å². The summed E-state index contributed by atoms with van der Waals surface area (Å²) < 4.78 is 38.1. The van der Waals surface area contributed by atoms with Crippen LogP contribution in [0.25, 0.3) is 0 Å². The Hall–Kier alpha value is -1.37. The Morgan fingerprint density at radius 2 is 2.00 bits per heavy atom. The molecule has 1 rings (SSSR count). The predicted octanol–water partition coefficient (Wildman–Crippen LogP) is 2.71. The van der Waals surface area contributed by atoms with Gasteiger partial charge in [-0.25, -0.2) is 0 Å². The van der Waals surface area contributed by atoms with Gasteiger partial charge in [0.15, 0.2) is 0 Å². The Morgan fingerprint density at radius 1 is 1.39 bits per heavy atom. The summed E-state index contributed by atoms with van der Waals surface area (Å²) in [7, 11) is -1.55. The van der Waals surface area contributed by atoms with Gasteiger partial charge >= 0.3 is 6.18 Å². The molecule has 0 bridgehead atoms. The number of nitrogens with zero attached hydrogens (tertiary/aromatic N) is 1. The number of rotatable bonds is 3. The Bertz CT molecular complexity index is 441. The number of carbonyl (C=O) groups is 1. The molecule has 7 heteroatoms. The number of aromatic nitrogens is 1. The molecule has 0 aliphatic rings. The molecule has 1 aromatic heterocycles. The average Bonchev–Trinajstić information content (AvgIpc) is 2.24. The lowest BCUT2D eigenvalue weighted by Crippen LogP contribution is -2.40. The summed E-state index contributed by atoms with van der Waals surface area (Å²) in [6.45, 7) is 6.05. The number of hydrogen-bond acceptors (Lipinski definition) is 2. The summed E-state index contributed by atoms with van der Waals surface area (Å²) in [5, 5.41) is 2.53.